The number of fused-ring (bicyclic) bond motifs is 1. The molecule has 0 saturated carbocycles. The molecule has 3 aromatic rings. The third-order valence-electron chi connectivity index (χ3n) is 7.24. The summed E-state index contributed by atoms with van der Waals surface area (Å²) in [6, 6.07) is 11.7. The topological polar surface area (TPSA) is 105 Å². The molecule has 1 atom stereocenters. The molecule has 3 aliphatic rings. The number of nitrogens with zero attached hydrogens (tertiary/aromatic N) is 5. The van der Waals surface area contributed by atoms with Crippen molar-refractivity contribution >= 4 is 28.7 Å². The second-order valence-corrected chi connectivity index (χ2v) is 9.75. The minimum absolute atomic E-state index is 0.127. The van der Waals surface area contributed by atoms with Crippen LogP contribution in [0.1, 0.15) is 17.3 Å². The van der Waals surface area contributed by atoms with Crippen LogP contribution in [0.15, 0.2) is 36.4 Å². The molecule has 3 fully saturated rings. The Morgan fingerprint density at radius 1 is 1.14 bits per heavy atom. The van der Waals surface area contributed by atoms with Crippen molar-refractivity contribution in [3.8, 4) is 11.3 Å². The number of anilines is 2. The van der Waals surface area contributed by atoms with E-state index in [1.54, 1.807) is 13.1 Å². The molecule has 0 aliphatic carbocycles. The van der Waals surface area contributed by atoms with Crippen LogP contribution >= 0.6 is 0 Å². The van der Waals surface area contributed by atoms with E-state index in [1.807, 2.05) is 30.3 Å². The van der Waals surface area contributed by atoms with Gasteiger partial charge in [-0.05, 0) is 31.2 Å². The second kappa shape index (κ2) is 9.27. The second-order valence-electron chi connectivity index (χ2n) is 9.75. The van der Waals surface area contributed by atoms with Gasteiger partial charge in [-0.3, -0.25) is 4.79 Å². The lowest BCUT2D eigenvalue weighted by atomic mass is 9.95. The summed E-state index contributed by atoms with van der Waals surface area (Å²) >= 11 is 0. The van der Waals surface area contributed by atoms with Crippen LogP contribution in [0.2, 0.25) is 0 Å². The molecule has 0 bridgehead atoms. The van der Waals surface area contributed by atoms with Crippen molar-refractivity contribution in [2.75, 3.05) is 69.4 Å². The van der Waals surface area contributed by atoms with Crippen molar-refractivity contribution in [2.45, 2.75) is 18.6 Å². The Bertz CT molecular complexity index is 1300. The molecule has 6 rings (SSSR count). The average molecular weight is 490 g/mol. The van der Waals surface area contributed by atoms with Gasteiger partial charge < -0.3 is 29.9 Å². The third-order valence-corrected chi connectivity index (χ3v) is 7.24. The van der Waals surface area contributed by atoms with Gasteiger partial charge in [0.1, 0.15) is 11.4 Å². The molecule has 3 aliphatic heterocycles. The molecular weight excluding hydrogens is 458 g/mol. The van der Waals surface area contributed by atoms with Crippen molar-refractivity contribution < 1.29 is 14.3 Å². The molecule has 10 heteroatoms. The zero-order valence-electron chi connectivity index (χ0n) is 20.7. The molecule has 2 N–H and O–H groups in total. The lowest BCUT2D eigenvalue weighted by molar-refractivity contribution is -0.0885. The lowest BCUT2D eigenvalue weighted by Crippen LogP contribution is -2.69. The summed E-state index contributed by atoms with van der Waals surface area (Å²) in [5.41, 5.74) is 2.70. The smallest absolute Gasteiger partial charge is 0.251 e. The normalized spacial score (nSPS) is 21.4. The van der Waals surface area contributed by atoms with Crippen LogP contribution in [0.4, 0.5) is 11.8 Å². The molecule has 0 radical (unpaired) electrons. The molecule has 5 heterocycles. The fourth-order valence-electron chi connectivity index (χ4n) is 5.14. The zero-order chi connectivity index (χ0) is 24.7. The number of amides is 1. The summed E-state index contributed by atoms with van der Waals surface area (Å²) in [5, 5.41) is 6.92. The van der Waals surface area contributed by atoms with Gasteiger partial charge in [-0.15, -0.1) is 0 Å². The van der Waals surface area contributed by atoms with Crippen LogP contribution < -0.4 is 20.4 Å². The van der Waals surface area contributed by atoms with Crippen molar-refractivity contribution in [3.63, 3.8) is 0 Å². The highest BCUT2D eigenvalue weighted by molar-refractivity contribution is 5.95. The number of pyridine rings is 1. The summed E-state index contributed by atoms with van der Waals surface area (Å²) in [6.45, 7) is 8.05. The first kappa shape index (κ1) is 23.1. The van der Waals surface area contributed by atoms with E-state index < -0.39 is 0 Å². The Morgan fingerprint density at radius 2 is 2.03 bits per heavy atom. The molecule has 188 valence electrons. The summed E-state index contributed by atoms with van der Waals surface area (Å²) in [7, 11) is 1.63. The van der Waals surface area contributed by atoms with Crippen molar-refractivity contribution in [1.29, 1.82) is 0 Å². The van der Waals surface area contributed by atoms with Gasteiger partial charge in [-0.25, -0.2) is 4.98 Å². The van der Waals surface area contributed by atoms with E-state index in [2.05, 4.69) is 27.4 Å². The average Bonchev–Trinajstić information content (AvgIpc) is 2.91. The van der Waals surface area contributed by atoms with E-state index in [9.17, 15) is 4.79 Å². The van der Waals surface area contributed by atoms with Gasteiger partial charge >= 0.3 is 0 Å². The number of aromatic nitrogens is 3. The van der Waals surface area contributed by atoms with Crippen LogP contribution in [0.25, 0.3) is 22.3 Å². The highest BCUT2D eigenvalue weighted by Crippen LogP contribution is 2.32. The summed E-state index contributed by atoms with van der Waals surface area (Å²) in [4.78, 5) is 31.7. The van der Waals surface area contributed by atoms with Crippen molar-refractivity contribution in [2.24, 2.45) is 0 Å². The Balaban J connectivity index is 1.44. The number of morpholine rings is 2. The van der Waals surface area contributed by atoms with Gasteiger partial charge in [0.2, 0.25) is 5.95 Å². The van der Waals surface area contributed by atoms with E-state index in [1.165, 1.54) is 0 Å². The first-order valence-corrected chi connectivity index (χ1v) is 12.5. The molecule has 36 heavy (non-hydrogen) atoms. The molecule has 1 spiro atoms. The van der Waals surface area contributed by atoms with E-state index in [4.69, 9.17) is 24.4 Å². The highest BCUT2D eigenvalue weighted by atomic mass is 16.5. The van der Waals surface area contributed by atoms with E-state index >= 15 is 0 Å². The minimum atomic E-state index is -0.168. The molecule has 3 saturated heterocycles. The Labute approximate surface area is 210 Å². The predicted molar refractivity (Wildman–Crippen MR) is 138 cm³/mol. The van der Waals surface area contributed by atoms with Crippen molar-refractivity contribution in [3.05, 3.63) is 42.0 Å². The van der Waals surface area contributed by atoms with Gasteiger partial charge in [0.05, 0.1) is 43.5 Å². The quantitative estimate of drug-likeness (QED) is 0.563. The van der Waals surface area contributed by atoms with Gasteiger partial charge in [0.15, 0.2) is 5.65 Å². The SMILES string of the molecule is CNC(=O)c1cccc(-c2ccc3c(N4CCOC[C@@H]4C)nc(N4CCOC5(CNC5)C4)nc3n2)c1. The molecule has 1 amide bonds. The lowest BCUT2D eigenvalue weighted by Gasteiger charge is -2.48. The zero-order valence-corrected chi connectivity index (χ0v) is 20.7. The maximum atomic E-state index is 12.2. The molecule has 0 unspecified atom stereocenters. The van der Waals surface area contributed by atoms with Crippen LogP contribution in [-0.4, -0.2) is 92.1 Å². The first-order valence-electron chi connectivity index (χ1n) is 12.5. The maximum Gasteiger partial charge on any atom is 0.251 e. The Kier molecular flexibility index (Phi) is 5.94. The van der Waals surface area contributed by atoms with Crippen LogP contribution in [0, 0.1) is 0 Å². The van der Waals surface area contributed by atoms with E-state index in [0.717, 1.165) is 55.2 Å². The predicted octanol–water partition coefficient (Wildman–Crippen LogP) is 1.46. The fourth-order valence-corrected chi connectivity index (χ4v) is 5.14. The number of ether oxygens (including phenoxy) is 2. The van der Waals surface area contributed by atoms with Crippen molar-refractivity contribution in [1.82, 2.24) is 25.6 Å². The number of benzene rings is 1. The van der Waals surface area contributed by atoms with Gasteiger partial charge in [-0.2, -0.15) is 9.97 Å². The van der Waals surface area contributed by atoms with Crippen LogP contribution in [0.5, 0.6) is 0 Å². The summed E-state index contributed by atoms with van der Waals surface area (Å²) in [5.74, 6) is 1.43. The largest absolute Gasteiger partial charge is 0.377 e. The van der Waals surface area contributed by atoms with Gasteiger partial charge in [0.25, 0.3) is 5.91 Å². The number of hydrogen-bond donors (Lipinski definition) is 2. The fraction of sp³-hybridized carbons (Fsp3) is 0.462. The number of rotatable bonds is 4. The van der Waals surface area contributed by atoms with E-state index in [0.29, 0.717) is 37.0 Å². The number of carbonyl (C=O) groups excluding carboxylic acids is 1. The number of carbonyl (C=O) groups is 1. The summed E-state index contributed by atoms with van der Waals surface area (Å²) in [6.07, 6.45) is 0. The number of hydrogen-bond acceptors (Lipinski definition) is 9. The first-order chi connectivity index (χ1) is 17.5. The molecule has 1 aromatic carbocycles. The monoisotopic (exact) mass is 489 g/mol. The van der Waals surface area contributed by atoms with Gasteiger partial charge in [0, 0.05) is 44.4 Å². The standard InChI is InChI=1S/C26H31N7O3/c1-17-13-35-10-9-33(17)23-20-6-7-21(18-4-3-5-19(12-18)24(34)27-2)29-22(20)30-25(31-23)32-8-11-36-26(16-32)14-28-15-26/h3-7,12,17,28H,8-11,13-16H2,1-2H3,(H,27,34)/t17-/m0/s1. The Morgan fingerprint density at radius 3 is 2.81 bits per heavy atom. The summed E-state index contributed by atoms with van der Waals surface area (Å²) < 4.78 is 11.8. The minimum Gasteiger partial charge on any atom is -0.377 e. The van der Waals surface area contributed by atoms with Gasteiger partial charge in [-0.1, -0.05) is 12.1 Å². The number of nitrogens with one attached hydrogen (secondary N) is 2. The Hall–Kier alpha value is -3.34. The highest BCUT2D eigenvalue weighted by Gasteiger charge is 2.43. The third kappa shape index (κ3) is 4.15. The molecule has 2 aromatic heterocycles. The molecule has 10 nitrogen and oxygen atoms in total. The molecular formula is C26H31N7O3. The maximum absolute atomic E-state index is 12.2. The van der Waals surface area contributed by atoms with Crippen LogP contribution in [-0.2, 0) is 9.47 Å². The van der Waals surface area contributed by atoms with E-state index in [-0.39, 0.29) is 17.6 Å². The van der Waals surface area contributed by atoms with Crippen LogP contribution in [0.3, 0.4) is 0 Å².